The van der Waals surface area contributed by atoms with Crippen molar-refractivity contribution in [2.75, 3.05) is 11.9 Å². The fourth-order valence-corrected chi connectivity index (χ4v) is 2.46. The van der Waals surface area contributed by atoms with Gasteiger partial charge in [0.05, 0.1) is 5.02 Å². The van der Waals surface area contributed by atoms with Crippen LogP contribution in [0.4, 0.5) is 5.69 Å². The quantitative estimate of drug-likeness (QED) is 0.696. The summed E-state index contributed by atoms with van der Waals surface area (Å²) in [6, 6.07) is 17.7. The summed E-state index contributed by atoms with van der Waals surface area (Å²) in [5.41, 5.74) is 1.41. The van der Waals surface area contributed by atoms with Crippen LogP contribution in [-0.2, 0) is 11.4 Å². The van der Waals surface area contributed by atoms with E-state index >= 15 is 0 Å². The summed E-state index contributed by atoms with van der Waals surface area (Å²) >= 11 is 5.99. The number of halogens is 1. The van der Waals surface area contributed by atoms with Crippen LogP contribution < -0.4 is 10.1 Å². The fraction of sp³-hybridized carbons (Fsp3) is 0.105. The van der Waals surface area contributed by atoms with Crippen LogP contribution in [0.25, 0.3) is 11.3 Å². The van der Waals surface area contributed by atoms with Gasteiger partial charge in [0.1, 0.15) is 23.9 Å². The molecule has 0 bridgehead atoms. The molecule has 25 heavy (non-hydrogen) atoms. The van der Waals surface area contributed by atoms with Crippen LogP contribution in [-0.4, -0.2) is 17.6 Å². The van der Waals surface area contributed by atoms with Gasteiger partial charge in [-0.25, -0.2) is 0 Å². The van der Waals surface area contributed by atoms with Crippen LogP contribution in [0.3, 0.4) is 0 Å². The van der Waals surface area contributed by atoms with Crippen molar-refractivity contribution in [1.29, 1.82) is 0 Å². The number of carbonyl (C=O) groups is 1. The lowest BCUT2D eigenvalue weighted by Crippen LogP contribution is -2.20. The number of rotatable bonds is 6. The topological polar surface area (TPSA) is 71.7 Å². The number of carbonyl (C=O) groups excluding carboxylic acids is 1. The maximum atomic E-state index is 12.1. The minimum Gasteiger partial charge on any atom is -0.482 e. The molecular formula is C19H16ClNO4. The summed E-state index contributed by atoms with van der Waals surface area (Å²) in [6.07, 6.45) is 0. The fourth-order valence-electron chi connectivity index (χ4n) is 2.27. The lowest BCUT2D eigenvalue weighted by molar-refractivity contribution is -0.118. The van der Waals surface area contributed by atoms with Gasteiger partial charge >= 0.3 is 0 Å². The lowest BCUT2D eigenvalue weighted by atomic mass is 10.1. The van der Waals surface area contributed by atoms with Crippen molar-refractivity contribution in [3.8, 4) is 17.1 Å². The molecule has 0 saturated heterocycles. The number of furan rings is 1. The highest BCUT2D eigenvalue weighted by atomic mass is 35.5. The number of hydrogen-bond acceptors (Lipinski definition) is 4. The molecule has 1 amide bonds. The van der Waals surface area contributed by atoms with Crippen LogP contribution in [0.1, 0.15) is 5.76 Å². The highest BCUT2D eigenvalue weighted by Gasteiger charge is 2.08. The minimum atomic E-state index is -0.299. The first-order chi connectivity index (χ1) is 12.2. The molecule has 3 rings (SSSR count). The van der Waals surface area contributed by atoms with E-state index in [0.29, 0.717) is 28.0 Å². The number of nitrogens with one attached hydrogen (secondary N) is 1. The Bertz CT molecular complexity index is 875. The molecule has 2 aromatic carbocycles. The van der Waals surface area contributed by atoms with Gasteiger partial charge in [0, 0.05) is 11.3 Å². The average Bonchev–Trinajstić information content (AvgIpc) is 3.10. The molecule has 0 atom stereocenters. The van der Waals surface area contributed by atoms with Gasteiger partial charge in [-0.2, -0.15) is 0 Å². The largest absolute Gasteiger partial charge is 0.482 e. The number of anilines is 1. The maximum Gasteiger partial charge on any atom is 0.262 e. The zero-order valence-electron chi connectivity index (χ0n) is 13.2. The predicted octanol–water partition coefficient (Wildman–Crippen LogP) is 4.11. The summed E-state index contributed by atoms with van der Waals surface area (Å²) < 4.78 is 10.9. The van der Waals surface area contributed by atoms with E-state index in [1.165, 1.54) is 0 Å². The number of ether oxygens (including phenoxy) is 1. The van der Waals surface area contributed by atoms with Gasteiger partial charge in [-0.05, 0) is 36.4 Å². The van der Waals surface area contributed by atoms with Crippen LogP contribution in [0.2, 0.25) is 5.02 Å². The zero-order chi connectivity index (χ0) is 17.6. The normalized spacial score (nSPS) is 10.5. The molecule has 0 spiro atoms. The predicted molar refractivity (Wildman–Crippen MR) is 95.6 cm³/mol. The first kappa shape index (κ1) is 17.1. The molecule has 0 fully saturated rings. The minimum absolute atomic E-state index is 0.149. The molecule has 6 heteroatoms. The molecule has 1 aromatic heterocycles. The third-order valence-corrected chi connectivity index (χ3v) is 3.76. The van der Waals surface area contributed by atoms with Gasteiger partial charge in [-0.3, -0.25) is 4.79 Å². The standard InChI is InChI=1S/C19H16ClNO4/c20-16-6-1-2-7-18(16)24-12-19(23)21-14-5-3-4-13(10-14)17-9-8-15(11-22)25-17/h1-10,22H,11-12H2,(H,21,23). The second kappa shape index (κ2) is 7.88. The molecule has 0 aliphatic rings. The monoisotopic (exact) mass is 357 g/mol. The number of para-hydroxylation sites is 1. The molecule has 5 nitrogen and oxygen atoms in total. The SMILES string of the molecule is O=C(COc1ccccc1Cl)Nc1cccc(-c2ccc(CO)o2)c1. The summed E-state index contributed by atoms with van der Waals surface area (Å²) in [4.78, 5) is 12.1. The van der Waals surface area contributed by atoms with Gasteiger partial charge in [0.2, 0.25) is 0 Å². The summed E-state index contributed by atoms with van der Waals surface area (Å²) in [6.45, 7) is -0.306. The Morgan fingerprint density at radius 1 is 1.12 bits per heavy atom. The summed E-state index contributed by atoms with van der Waals surface area (Å²) in [7, 11) is 0. The molecule has 0 unspecified atom stereocenters. The Morgan fingerprint density at radius 2 is 1.96 bits per heavy atom. The molecular weight excluding hydrogens is 342 g/mol. The Morgan fingerprint density at radius 3 is 2.72 bits per heavy atom. The van der Waals surface area contributed by atoms with Gasteiger partial charge in [-0.1, -0.05) is 35.9 Å². The van der Waals surface area contributed by atoms with E-state index in [2.05, 4.69) is 5.32 Å². The highest BCUT2D eigenvalue weighted by molar-refractivity contribution is 6.32. The van der Waals surface area contributed by atoms with Crippen LogP contribution in [0.5, 0.6) is 5.75 Å². The number of amides is 1. The average molecular weight is 358 g/mol. The first-order valence-corrected chi connectivity index (χ1v) is 8.00. The molecule has 0 radical (unpaired) electrons. The van der Waals surface area contributed by atoms with Crippen molar-refractivity contribution in [3.63, 3.8) is 0 Å². The van der Waals surface area contributed by atoms with E-state index in [9.17, 15) is 4.79 Å². The van der Waals surface area contributed by atoms with E-state index in [0.717, 1.165) is 5.56 Å². The van der Waals surface area contributed by atoms with Gasteiger partial charge in [0.15, 0.2) is 6.61 Å². The highest BCUT2D eigenvalue weighted by Crippen LogP contribution is 2.25. The number of hydrogen-bond donors (Lipinski definition) is 2. The van der Waals surface area contributed by atoms with Crippen molar-refractivity contribution in [1.82, 2.24) is 0 Å². The van der Waals surface area contributed by atoms with Crippen molar-refractivity contribution in [3.05, 3.63) is 71.4 Å². The Balaban J connectivity index is 1.63. The lowest BCUT2D eigenvalue weighted by Gasteiger charge is -2.09. The Labute approximate surface area is 149 Å². The molecule has 1 heterocycles. The maximum absolute atomic E-state index is 12.1. The molecule has 0 aliphatic carbocycles. The summed E-state index contributed by atoms with van der Waals surface area (Å²) in [5, 5.41) is 12.3. The van der Waals surface area contributed by atoms with Gasteiger partial charge < -0.3 is 19.6 Å². The second-order valence-corrected chi connectivity index (χ2v) is 5.68. The molecule has 128 valence electrons. The smallest absolute Gasteiger partial charge is 0.262 e. The molecule has 0 saturated carbocycles. The van der Waals surface area contributed by atoms with E-state index in [1.54, 1.807) is 54.6 Å². The van der Waals surface area contributed by atoms with Gasteiger partial charge in [-0.15, -0.1) is 0 Å². The third-order valence-electron chi connectivity index (χ3n) is 3.44. The zero-order valence-corrected chi connectivity index (χ0v) is 14.0. The van der Waals surface area contributed by atoms with E-state index in [-0.39, 0.29) is 19.1 Å². The molecule has 2 N–H and O–H groups in total. The number of aliphatic hydroxyl groups is 1. The van der Waals surface area contributed by atoms with Crippen molar-refractivity contribution < 1.29 is 19.1 Å². The van der Waals surface area contributed by atoms with Crippen LogP contribution in [0.15, 0.2) is 65.1 Å². The summed E-state index contributed by atoms with van der Waals surface area (Å²) in [5.74, 6) is 1.26. The van der Waals surface area contributed by atoms with Crippen molar-refractivity contribution in [2.24, 2.45) is 0 Å². The van der Waals surface area contributed by atoms with E-state index in [4.69, 9.17) is 25.9 Å². The first-order valence-electron chi connectivity index (χ1n) is 7.63. The van der Waals surface area contributed by atoms with Crippen LogP contribution >= 0.6 is 11.6 Å². The molecule has 3 aromatic rings. The number of benzene rings is 2. The van der Waals surface area contributed by atoms with E-state index in [1.807, 2.05) is 6.07 Å². The number of aliphatic hydroxyl groups excluding tert-OH is 1. The van der Waals surface area contributed by atoms with Crippen molar-refractivity contribution >= 4 is 23.2 Å². The third kappa shape index (κ3) is 4.41. The Kier molecular flexibility index (Phi) is 5.38. The van der Waals surface area contributed by atoms with Gasteiger partial charge in [0.25, 0.3) is 5.91 Å². The second-order valence-electron chi connectivity index (χ2n) is 5.27. The van der Waals surface area contributed by atoms with Crippen LogP contribution in [0, 0.1) is 0 Å². The van der Waals surface area contributed by atoms with E-state index < -0.39 is 0 Å². The van der Waals surface area contributed by atoms with Crippen molar-refractivity contribution in [2.45, 2.75) is 6.61 Å². The Hall–Kier alpha value is -2.76. The molecule has 0 aliphatic heterocycles.